The molecule has 2 aromatic rings. The summed E-state index contributed by atoms with van der Waals surface area (Å²) < 4.78 is 12.0. The SMILES string of the molecule is CCOc1ccccc1OC(Cc1ccccc1)C1N=CCCN1. The first kappa shape index (κ1) is 16.5. The molecule has 0 aliphatic carbocycles. The van der Waals surface area contributed by atoms with Crippen LogP contribution in [0, 0.1) is 0 Å². The van der Waals surface area contributed by atoms with E-state index in [1.54, 1.807) is 0 Å². The van der Waals surface area contributed by atoms with Gasteiger partial charge in [-0.3, -0.25) is 10.3 Å². The number of aliphatic imine (C=N–C) groups is 1. The van der Waals surface area contributed by atoms with Gasteiger partial charge in [-0.2, -0.15) is 0 Å². The number of rotatable bonds is 7. The van der Waals surface area contributed by atoms with Crippen molar-refractivity contribution in [2.75, 3.05) is 13.2 Å². The van der Waals surface area contributed by atoms with E-state index in [0.717, 1.165) is 30.9 Å². The molecule has 1 aliphatic rings. The van der Waals surface area contributed by atoms with Crippen LogP contribution in [-0.4, -0.2) is 31.6 Å². The Morgan fingerprint density at radius 2 is 1.83 bits per heavy atom. The van der Waals surface area contributed by atoms with Crippen molar-refractivity contribution in [1.82, 2.24) is 5.32 Å². The lowest BCUT2D eigenvalue weighted by Gasteiger charge is -2.28. The molecular formula is C20H24N2O2. The van der Waals surface area contributed by atoms with E-state index in [2.05, 4.69) is 34.6 Å². The van der Waals surface area contributed by atoms with Crippen LogP contribution in [0.3, 0.4) is 0 Å². The Morgan fingerprint density at radius 3 is 2.54 bits per heavy atom. The van der Waals surface area contributed by atoms with E-state index in [1.807, 2.05) is 43.5 Å². The Kier molecular flexibility index (Phi) is 5.85. The van der Waals surface area contributed by atoms with Crippen molar-refractivity contribution in [3.05, 3.63) is 60.2 Å². The number of para-hydroxylation sites is 2. The van der Waals surface area contributed by atoms with Crippen LogP contribution in [0.1, 0.15) is 18.9 Å². The molecular weight excluding hydrogens is 300 g/mol. The van der Waals surface area contributed by atoms with Gasteiger partial charge in [-0.1, -0.05) is 42.5 Å². The van der Waals surface area contributed by atoms with E-state index >= 15 is 0 Å². The second-order valence-corrected chi connectivity index (χ2v) is 5.75. The van der Waals surface area contributed by atoms with E-state index in [-0.39, 0.29) is 12.3 Å². The predicted octanol–water partition coefficient (Wildman–Crippen LogP) is 3.47. The number of hydrogen-bond acceptors (Lipinski definition) is 4. The quantitative estimate of drug-likeness (QED) is 0.848. The molecule has 0 saturated carbocycles. The Hall–Kier alpha value is -2.33. The molecule has 0 radical (unpaired) electrons. The zero-order valence-electron chi connectivity index (χ0n) is 14.0. The number of ether oxygens (including phenoxy) is 2. The molecule has 4 nitrogen and oxygen atoms in total. The van der Waals surface area contributed by atoms with Crippen LogP contribution in [0.5, 0.6) is 11.5 Å². The van der Waals surface area contributed by atoms with Gasteiger partial charge in [0.2, 0.25) is 0 Å². The molecule has 2 unspecified atom stereocenters. The molecule has 0 saturated heterocycles. The molecule has 1 aliphatic heterocycles. The van der Waals surface area contributed by atoms with Crippen LogP contribution in [-0.2, 0) is 6.42 Å². The van der Waals surface area contributed by atoms with Gasteiger partial charge in [-0.05, 0) is 31.0 Å². The first-order valence-electron chi connectivity index (χ1n) is 8.54. The number of hydrogen-bond donors (Lipinski definition) is 1. The highest BCUT2D eigenvalue weighted by molar-refractivity contribution is 5.58. The summed E-state index contributed by atoms with van der Waals surface area (Å²) in [4.78, 5) is 4.60. The monoisotopic (exact) mass is 324 g/mol. The van der Waals surface area contributed by atoms with Crippen LogP contribution >= 0.6 is 0 Å². The molecule has 2 atom stereocenters. The molecule has 126 valence electrons. The van der Waals surface area contributed by atoms with E-state index in [1.165, 1.54) is 5.56 Å². The summed E-state index contributed by atoms with van der Waals surface area (Å²) >= 11 is 0. The van der Waals surface area contributed by atoms with Crippen LogP contribution < -0.4 is 14.8 Å². The average Bonchev–Trinajstić information content (AvgIpc) is 2.64. The molecule has 0 spiro atoms. The zero-order chi connectivity index (χ0) is 16.6. The summed E-state index contributed by atoms with van der Waals surface area (Å²) in [5, 5.41) is 3.45. The molecule has 0 fully saturated rings. The smallest absolute Gasteiger partial charge is 0.161 e. The Labute approximate surface area is 143 Å². The fraction of sp³-hybridized carbons (Fsp3) is 0.350. The third-order valence-electron chi connectivity index (χ3n) is 3.95. The largest absolute Gasteiger partial charge is 0.490 e. The predicted molar refractivity (Wildman–Crippen MR) is 97.1 cm³/mol. The molecule has 1 heterocycles. The summed E-state index contributed by atoms with van der Waals surface area (Å²) in [7, 11) is 0. The van der Waals surface area contributed by atoms with Gasteiger partial charge in [-0.25, -0.2) is 0 Å². The van der Waals surface area contributed by atoms with Crippen molar-refractivity contribution in [3.63, 3.8) is 0 Å². The molecule has 4 heteroatoms. The van der Waals surface area contributed by atoms with Crippen LogP contribution in [0.15, 0.2) is 59.6 Å². The highest BCUT2D eigenvalue weighted by Crippen LogP contribution is 2.29. The standard InChI is InChI=1S/C20H24N2O2/c1-2-23-17-11-6-7-12-18(17)24-19(20-21-13-8-14-22-20)15-16-9-4-3-5-10-16/h3-7,9-13,19-20,22H,2,8,14-15H2,1H3. The average molecular weight is 324 g/mol. The van der Waals surface area contributed by atoms with Crippen LogP contribution in [0.4, 0.5) is 0 Å². The highest BCUT2D eigenvalue weighted by Gasteiger charge is 2.25. The van der Waals surface area contributed by atoms with Gasteiger partial charge in [0, 0.05) is 19.2 Å². The first-order chi connectivity index (χ1) is 11.9. The third-order valence-corrected chi connectivity index (χ3v) is 3.95. The Morgan fingerprint density at radius 1 is 1.08 bits per heavy atom. The summed E-state index contributed by atoms with van der Waals surface area (Å²) in [5.41, 5.74) is 1.24. The zero-order valence-corrected chi connectivity index (χ0v) is 14.0. The molecule has 1 N–H and O–H groups in total. The van der Waals surface area contributed by atoms with E-state index in [9.17, 15) is 0 Å². The highest BCUT2D eigenvalue weighted by atomic mass is 16.5. The topological polar surface area (TPSA) is 42.9 Å². The van der Waals surface area contributed by atoms with Crippen LogP contribution in [0.25, 0.3) is 0 Å². The lowest BCUT2D eigenvalue weighted by molar-refractivity contribution is 0.147. The van der Waals surface area contributed by atoms with Crippen molar-refractivity contribution in [3.8, 4) is 11.5 Å². The maximum absolute atomic E-state index is 6.34. The van der Waals surface area contributed by atoms with Gasteiger partial charge in [0.05, 0.1) is 6.61 Å². The number of nitrogens with one attached hydrogen (secondary N) is 1. The molecule has 0 aromatic heterocycles. The van der Waals surface area contributed by atoms with Crippen LogP contribution in [0.2, 0.25) is 0 Å². The van der Waals surface area contributed by atoms with Gasteiger partial charge in [0.15, 0.2) is 11.5 Å². The maximum atomic E-state index is 6.34. The second kappa shape index (κ2) is 8.50. The molecule has 3 rings (SSSR count). The van der Waals surface area contributed by atoms with Gasteiger partial charge in [-0.15, -0.1) is 0 Å². The molecule has 0 bridgehead atoms. The minimum absolute atomic E-state index is 0.0476. The fourth-order valence-corrected chi connectivity index (χ4v) is 2.81. The summed E-state index contributed by atoms with van der Waals surface area (Å²) in [6.45, 7) is 3.52. The van der Waals surface area contributed by atoms with Crippen molar-refractivity contribution in [1.29, 1.82) is 0 Å². The van der Waals surface area contributed by atoms with E-state index < -0.39 is 0 Å². The molecule has 2 aromatic carbocycles. The Bertz CT molecular complexity index is 658. The first-order valence-corrected chi connectivity index (χ1v) is 8.54. The van der Waals surface area contributed by atoms with Crippen molar-refractivity contribution in [2.45, 2.75) is 32.0 Å². The van der Waals surface area contributed by atoms with Gasteiger partial charge in [0.1, 0.15) is 12.3 Å². The lowest BCUT2D eigenvalue weighted by atomic mass is 10.1. The number of benzene rings is 2. The van der Waals surface area contributed by atoms with Gasteiger partial charge >= 0.3 is 0 Å². The fourth-order valence-electron chi connectivity index (χ4n) is 2.81. The lowest BCUT2D eigenvalue weighted by Crippen LogP contribution is -2.45. The minimum atomic E-state index is -0.0921. The maximum Gasteiger partial charge on any atom is 0.161 e. The van der Waals surface area contributed by atoms with Gasteiger partial charge < -0.3 is 9.47 Å². The van der Waals surface area contributed by atoms with Crippen molar-refractivity contribution in [2.24, 2.45) is 4.99 Å². The van der Waals surface area contributed by atoms with Gasteiger partial charge in [0.25, 0.3) is 0 Å². The van der Waals surface area contributed by atoms with Crippen molar-refractivity contribution < 1.29 is 9.47 Å². The molecule has 24 heavy (non-hydrogen) atoms. The number of nitrogens with zero attached hydrogens (tertiary/aromatic N) is 1. The second-order valence-electron chi connectivity index (χ2n) is 5.75. The Balaban J connectivity index is 1.81. The summed E-state index contributed by atoms with van der Waals surface area (Å²) in [6, 6.07) is 18.2. The third kappa shape index (κ3) is 4.36. The van der Waals surface area contributed by atoms with E-state index in [4.69, 9.17) is 9.47 Å². The summed E-state index contributed by atoms with van der Waals surface area (Å²) in [5.74, 6) is 1.54. The minimum Gasteiger partial charge on any atom is -0.490 e. The summed E-state index contributed by atoms with van der Waals surface area (Å²) in [6.07, 6.45) is 3.59. The molecule has 0 amide bonds. The van der Waals surface area contributed by atoms with E-state index in [0.29, 0.717) is 6.61 Å². The normalized spacial score (nSPS) is 18.1. The van der Waals surface area contributed by atoms with Crippen molar-refractivity contribution >= 4 is 6.21 Å².